The van der Waals surface area contributed by atoms with E-state index >= 15 is 0 Å². The monoisotopic (exact) mass is 452 g/mol. The molecule has 2 aromatic heterocycles. The van der Waals surface area contributed by atoms with Gasteiger partial charge in [-0.1, -0.05) is 58.4 Å². The molecule has 0 saturated carbocycles. The van der Waals surface area contributed by atoms with Gasteiger partial charge in [0, 0.05) is 6.20 Å². The summed E-state index contributed by atoms with van der Waals surface area (Å²) in [6.07, 6.45) is -3.63. The summed E-state index contributed by atoms with van der Waals surface area (Å²) in [5.41, 5.74) is 1.56. The number of hydrogen-bond acceptors (Lipinski definition) is 3. The molecule has 0 N–H and O–H groups in total. The molecule has 0 atom stereocenters. The molecule has 0 amide bonds. The van der Waals surface area contributed by atoms with E-state index < -0.39 is 17.7 Å². The van der Waals surface area contributed by atoms with E-state index in [1.807, 2.05) is 26.0 Å². The Labute approximate surface area is 184 Å². The minimum absolute atomic E-state index is 0.0550. The van der Waals surface area contributed by atoms with Crippen molar-refractivity contribution in [1.29, 1.82) is 0 Å². The van der Waals surface area contributed by atoms with Crippen molar-refractivity contribution in [2.75, 3.05) is 0 Å². The van der Waals surface area contributed by atoms with E-state index in [1.165, 1.54) is 4.40 Å². The Balaban J connectivity index is 1.93. The van der Waals surface area contributed by atoms with Gasteiger partial charge < -0.3 is 4.74 Å². The predicted octanol–water partition coefficient (Wildman–Crippen LogP) is 6.78. The lowest BCUT2D eigenvalue weighted by molar-refractivity contribution is -0.137. The number of imidazole rings is 1. The van der Waals surface area contributed by atoms with E-state index in [0.717, 1.165) is 17.8 Å². The average molecular weight is 453 g/mol. The largest absolute Gasteiger partial charge is 0.456 e. The van der Waals surface area contributed by atoms with Crippen LogP contribution in [0.15, 0.2) is 36.5 Å². The fourth-order valence-electron chi connectivity index (χ4n) is 3.25. The van der Waals surface area contributed by atoms with E-state index in [0.29, 0.717) is 17.0 Å². The lowest BCUT2D eigenvalue weighted by Crippen LogP contribution is -2.12. The number of fused-ring (bicyclic) bond motifs is 1. The number of pyridine rings is 1. The molecule has 0 aliphatic rings. The maximum absolute atomic E-state index is 13.3. The zero-order chi connectivity index (χ0) is 23.1. The second-order valence-corrected chi connectivity index (χ2v) is 9.18. The second kappa shape index (κ2) is 8.19. The van der Waals surface area contributed by atoms with Crippen molar-refractivity contribution in [3.05, 3.63) is 69.6 Å². The maximum atomic E-state index is 13.3. The Bertz CT molecular complexity index is 1110. The molecular formula is C23H24ClF3N2O2. The molecule has 0 radical (unpaired) electrons. The number of aromatic nitrogens is 2. The minimum atomic E-state index is -4.57. The first kappa shape index (κ1) is 23.1. The summed E-state index contributed by atoms with van der Waals surface area (Å²) in [6.45, 7) is 9.69. The summed E-state index contributed by atoms with van der Waals surface area (Å²) in [6, 6.07) is 7.93. The molecule has 4 nitrogen and oxygen atoms in total. The third-order valence-corrected chi connectivity index (χ3v) is 5.28. The highest BCUT2D eigenvalue weighted by molar-refractivity contribution is 6.33. The maximum Gasteiger partial charge on any atom is 0.417 e. The predicted molar refractivity (Wildman–Crippen MR) is 114 cm³/mol. The third kappa shape index (κ3) is 4.87. The molecule has 0 fully saturated rings. The SMILES string of the molecule is CC(C)c1nc2c(Cl)cc(C(F)(F)F)cn2c1COC(=O)c1ccc(C(C)(C)C)cc1. The Morgan fingerprint density at radius 2 is 1.74 bits per heavy atom. The molecule has 166 valence electrons. The van der Waals surface area contributed by atoms with Crippen LogP contribution in [-0.4, -0.2) is 15.4 Å². The van der Waals surface area contributed by atoms with E-state index in [4.69, 9.17) is 16.3 Å². The van der Waals surface area contributed by atoms with Crippen LogP contribution >= 0.6 is 11.6 Å². The van der Waals surface area contributed by atoms with Crippen LogP contribution in [0.3, 0.4) is 0 Å². The standard InChI is InChI=1S/C23H24ClF3N2O2/c1-13(2)19-18(29-11-16(23(25,26)27)10-17(24)20(29)28-19)12-31-21(30)14-6-8-15(9-7-14)22(3,4)5/h6-11,13H,12H2,1-5H3. The molecule has 0 unspecified atom stereocenters. The zero-order valence-electron chi connectivity index (χ0n) is 18.0. The van der Waals surface area contributed by atoms with Gasteiger partial charge in [0.25, 0.3) is 0 Å². The third-order valence-electron chi connectivity index (χ3n) is 5.01. The van der Waals surface area contributed by atoms with Gasteiger partial charge in [-0.25, -0.2) is 9.78 Å². The number of nitrogens with zero attached hydrogens (tertiary/aromatic N) is 2. The van der Waals surface area contributed by atoms with Gasteiger partial charge in [-0.15, -0.1) is 0 Å². The van der Waals surface area contributed by atoms with Crippen molar-refractivity contribution >= 4 is 23.2 Å². The number of alkyl halides is 3. The first-order valence-electron chi connectivity index (χ1n) is 9.84. The van der Waals surface area contributed by atoms with Crippen LogP contribution in [0.5, 0.6) is 0 Å². The lowest BCUT2D eigenvalue weighted by atomic mass is 9.87. The fraction of sp³-hybridized carbons (Fsp3) is 0.391. The van der Waals surface area contributed by atoms with Gasteiger partial charge in [0.15, 0.2) is 5.65 Å². The highest BCUT2D eigenvalue weighted by atomic mass is 35.5. The van der Waals surface area contributed by atoms with Crippen LogP contribution in [0.2, 0.25) is 5.02 Å². The van der Waals surface area contributed by atoms with Crippen molar-refractivity contribution in [3.63, 3.8) is 0 Å². The van der Waals surface area contributed by atoms with Gasteiger partial charge in [-0.05, 0) is 35.1 Å². The molecule has 3 aromatic rings. The molecule has 0 bridgehead atoms. The van der Waals surface area contributed by atoms with Gasteiger partial charge in [0.1, 0.15) is 6.61 Å². The summed E-state index contributed by atoms with van der Waals surface area (Å²) in [5, 5.41) is -0.118. The zero-order valence-corrected chi connectivity index (χ0v) is 18.7. The van der Waals surface area contributed by atoms with Gasteiger partial charge in [-0.2, -0.15) is 13.2 Å². The normalized spacial score (nSPS) is 12.6. The highest BCUT2D eigenvalue weighted by Gasteiger charge is 2.32. The molecule has 3 rings (SSSR count). The van der Waals surface area contributed by atoms with Crippen molar-refractivity contribution < 1.29 is 22.7 Å². The Morgan fingerprint density at radius 1 is 1.13 bits per heavy atom. The van der Waals surface area contributed by atoms with Gasteiger partial charge in [0.05, 0.1) is 27.5 Å². The molecule has 0 aliphatic carbocycles. The number of benzene rings is 1. The van der Waals surface area contributed by atoms with Gasteiger partial charge in [0.2, 0.25) is 0 Å². The Morgan fingerprint density at radius 3 is 2.26 bits per heavy atom. The number of rotatable bonds is 4. The number of ether oxygens (including phenoxy) is 1. The van der Waals surface area contributed by atoms with E-state index in [2.05, 4.69) is 25.8 Å². The van der Waals surface area contributed by atoms with Crippen molar-refractivity contribution in [1.82, 2.24) is 9.38 Å². The first-order valence-corrected chi connectivity index (χ1v) is 10.2. The molecule has 0 spiro atoms. The summed E-state index contributed by atoms with van der Waals surface area (Å²) in [5.74, 6) is -0.673. The lowest BCUT2D eigenvalue weighted by Gasteiger charge is -2.19. The van der Waals surface area contributed by atoms with Crippen LogP contribution in [-0.2, 0) is 22.9 Å². The van der Waals surface area contributed by atoms with Gasteiger partial charge >= 0.3 is 12.1 Å². The average Bonchev–Trinajstić information content (AvgIpc) is 3.04. The first-order chi connectivity index (χ1) is 14.3. The molecule has 8 heteroatoms. The molecule has 1 aromatic carbocycles. The highest BCUT2D eigenvalue weighted by Crippen LogP contribution is 2.34. The number of carbonyl (C=O) groups excluding carboxylic acids is 1. The number of hydrogen-bond donors (Lipinski definition) is 0. The van der Waals surface area contributed by atoms with Crippen LogP contribution in [0.1, 0.15) is 73.4 Å². The molecule has 0 saturated heterocycles. The summed E-state index contributed by atoms with van der Waals surface area (Å²) >= 11 is 6.08. The molecular weight excluding hydrogens is 429 g/mol. The number of halogens is 4. The fourth-order valence-corrected chi connectivity index (χ4v) is 3.50. The number of carbonyl (C=O) groups is 1. The van der Waals surface area contributed by atoms with Gasteiger partial charge in [-0.3, -0.25) is 4.40 Å². The summed E-state index contributed by atoms with van der Waals surface area (Å²) in [4.78, 5) is 16.9. The van der Waals surface area contributed by atoms with E-state index in [1.54, 1.807) is 12.1 Å². The molecule has 2 heterocycles. The van der Waals surface area contributed by atoms with Crippen molar-refractivity contribution in [2.45, 2.75) is 58.7 Å². The van der Waals surface area contributed by atoms with Crippen LogP contribution in [0.25, 0.3) is 5.65 Å². The van der Waals surface area contributed by atoms with E-state index in [9.17, 15) is 18.0 Å². The number of esters is 1. The molecule has 31 heavy (non-hydrogen) atoms. The minimum Gasteiger partial charge on any atom is -0.456 e. The van der Waals surface area contributed by atoms with Crippen molar-refractivity contribution in [2.24, 2.45) is 0 Å². The topological polar surface area (TPSA) is 43.6 Å². The van der Waals surface area contributed by atoms with Crippen LogP contribution < -0.4 is 0 Å². The summed E-state index contributed by atoms with van der Waals surface area (Å²) < 4.78 is 46.5. The quantitative estimate of drug-likeness (QED) is 0.409. The van der Waals surface area contributed by atoms with Crippen LogP contribution in [0.4, 0.5) is 13.2 Å². The Kier molecular flexibility index (Phi) is 6.11. The molecule has 0 aliphatic heterocycles. The summed E-state index contributed by atoms with van der Waals surface area (Å²) in [7, 11) is 0. The van der Waals surface area contributed by atoms with Crippen LogP contribution in [0, 0.1) is 0 Å². The second-order valence-electron chi connectivity index (χ2n) is 8.77. The Hall–Kier alpha value is -2.54. The smallest absolute Gasteiger partial charge is 0.417 e. The van der Waals surface area contributed by atoms with Crippen molar-refractivity contribution in [3.8, 4) is 0 Å². The van der Waals surface area contributed by atoms with E-state index in [-0.39, 0.29) is 28.6 Å².